The summed E-state index contributed by atoms with van der Waals surface area (Å²) in [6.07, 6.45) is 3.04. The van der Waals surface area contributed by atoms with Crippen molar-refractivity contribution in [1.82, 2.24) is 4.98 Å². The van der Waals surface area contributed by atoms with Gasteiger partial charge in [-0.05, 0) is 26.2 Å². The van der Waals surface area contributed by atoms with Crippen LogP contribution >= 0.6 is 11.3 Å². The number of aromatic nitrogens is 1. The zero-order valence-corrected chi connectivity index (χ0v) is 8.90. The lowest BCUT2D eigenvalue weighted by molar-refractivity contribution is 0.0866. The largest absolute Gasteiger partial charge is 0.386 e. The molecule has 0 aliphatic heterocycles. The topological polar surface area (TPSA) is 33.1 Å². The van der Waals surface area contributed by atoms with Gasteiger partial charge in [-0.3, -0.25) is 0 Å². The Kier molecular flexibility index (Phi) is 2.16. The van der Waals surface area contributed by atoms with E-state index in [9.17, 15) is 5.11 Å². The molecule has 2 rings (SSSR count). The number of hydrogen-bond donors (Lipinski definition) is 1. The first-order chi connectivity index (χ1) is 6.18. The lowest BCUT2D eigenvalue weighted by Crippen LogP contribution is -2.12. The first-order valence-electron chi connectivity index (χ1n) is 4.78. The standard InChI is InChI=1S/C10H15NOS/c1-3-10(4-5-10)9(12)8-6-13-7(2)11-8/h6,9,12H,3-5H2,1-2H3. The molecule has 1 unspecified atom stereocenters. The van der Waals surface area contributed by atoms with Crippen molar-refractivity contribution in [2.45, 2.75) is 39.2 Å². The zero-order valence-electron chi connectivity index (χ0n) is 8.08. The van der Waals surface area contributed by atoms with E-state index in [1.165, 1.54) is 0 Å². The van der Waals surface area contributed by atoms with Gasteiger partial charge in [0.05, 0.1) is 10.7 Å². The Hall–Kier alpha value is -0.410. The van der Waals surface area contributed by atoms with Crippen LogP contribution < -0.4 is 0 Å². The van der Waals surface area contributed by atoms with E-state index in [0.717, 1.165) is 30.0 Å². The van der Waals surface area contributed by atoms with Crippen molar-refractivity contribution in [1.29, 1.82) is 0 Å². The average molecular weight is 197 g/mol. The molecule has 1 aromatic rings. The number of aryl methyl sites for hydroxylation is 1. The highest BCUT2D eigenvalue weighted by atomic mass is 32.1. The maximum Gasteiger partial charge on any atom is 0.102 e. The second-order valence-corrected chi connectivity index (χ2v) is 4.97. The van der Waals surface area contributed by atoms with Crippen LogP contribution in [0.5, 0.6) is 0 Å². The Balaban J connectivity index is 2.17. The Morgan fingerprint density at radius 1 is 1.69 bits per heavy atom. The Morgan fingerprint density at radius 3 is 2.77 bits per heavy atom. The fourth-order valence-corrected chi connectivity index (χ4v) is 2.43. The lowest BCUT2D eigenvalue weighted by Gasteiger charge is -2.18. The van der Waals surface area contributed by atoms with E-state index < -0.39 is 0 Å². The zero-order chi connectivity index (χ0) is 9.47. The van der Waals surface area contributed by atoms with E-state index >= 15 is 0 Å². The molecular weight excluding hydrogens is 182 g/mol. The minimum absolute atomic E-state index is 0.167. The monoisotopic (exact) mass is 197 g/mol. The SMILES string of the molecule is CCC1(C(O)c2csc(C)n2)CC1. The Morgan fingerprint density at radius 2 is 2.38 bits per heavy atom. The van der Waals surface area contributed by atoms with Crippen molar-refractivity contribution >= 4 is 11.3 Å². The molecule has 0 radical (unpaired) electrons. The van der Waals surface area contributed by atoms with E-state index in [-0.39, 0.29) is 11.5 Å². The number of aliphatic hydroxyl groups excluding tert-OH is 1. The van der Waals surface area contributed by atoms with Gasteiger partial charge in [-0.15, -0.1) is 11.3 Å². The van der Waals surface area contributed by atoms with Gasteiger partial charge in [0.2, 0.25) is 0 Å². The highest BCUT2D eigenvalue weighted by Crippen LogP contribution is 2.57. The molecule has 1 aliphatic rings. The van der Waals surface area contributed by atoms with Gasteiger partial charge in [0.25, 0.3) is 0 Å². The number of thiazole rings is 1. The smallest absolute Gasteiger partial charge is 0.102 e. The molecule has 1 heterocycles. The second-order valence-electron chi connectivity index (χ2n) is 3.91. The average Bonchev–Trinajstić information content (AvgIpc) is 2.82. The molecule has 0 spiro atoms. The third-order valence-corrected chi connectivity index (χ3v) is 3.89. The van der Waals surface area contributed by atoms with Crippen LogP contribution in [0.4, 0.5) is 0 Å². The van der Waals surface area contributed by atoms with E-state index in [2.05, 4.69) is 11.9 Å². The van der Waals surface area contributed by atoms with Gasteiger partial charge in [0.15, 0.2) is 0 Å². The number of aliphatic hydroxyl groups is 1. The van der Waals surface area contributed by atoms with Gasteiger partial charge in [-0.1, -0.05) is 6.92 Å². The summed E-state index contributed by atoms with van der Waals surface area (Å²) >= 11 is 1.62. The summed E-state index contributed by atoms with van der Waals surface area (Å²) in [4.78, 5) is 4.33. The molecule has 13 heavy (non-hydrogen) atoms. The van der Waals surface area contributed by atoms with E-state index in [1.807, 2.05) is 12.3 Å². The van der Waals surface area contributed by atoms with Crippen LogP contribution in [-0.2, 0) is 0 Å². The van der Waals surface area contributed by atoms with Gasteiger partial charge in [0, 0.05) is 10.8 Å². The van der Waals surface area contributed by atoms with Gasteiger partial charge in [-0.2, -0.15) is 0 Å². The normalized spacial score (nSPS) is 21.5. The first-order valence-corrected chi connectivity index (χ1v) is 5.66. The number of hydrogen-bond acceptors (Lipinski definition) is 3. The molecule has 0 bridgehead atoms. The van der Waals surface area contributed by atoms with Gasteiger partial charge >= 0.3 is 0 Å². The molecule has 1 fully saturated rings. The van der Waals surface area contributed by atoms with Crippen LogP contribution in [0.15, 0.2) is 5.38 Å². The third kappa shape index (κ3) is 1.51. The molecule has 0 saturated heterocycles. The van der Waals surface area contributed by atoms with Crippen LogP contribution in [0.1, 0.15) is 43.0 Å². The van der Waals surface area contributed by atoms with Crippen molar-refractivity contribution < 1.29 is 5.11 Å². The van der Waals surface area contributed by atoms with Crippen LogP contribution in [0.25, 0.3) is 0 Å². The van der Waals surface area contributed by atoms with Gasteiger partial charge in [-0.25, -0.2) is 4.98 Å². The fraction of sp³-hybridized carbons (Fsp3) is 0.700. The fourth-order valence-electron chi connectivity index (χ4n) is 1.80. The molecule has 72 valence electrons. The molecule has 1 atom stereocenters. The highest BCUT2D eigenvalue weighted by Gasteiger charge is 2.48. The van der Waals surface area contributed by atoms with E-state index in [1.54, 1.807) is 11.3 Å². The summed E-state index contributed by atoms with van der Waals surface area (Å²) in [7, 11) is 0. The Bertz CT molecular complexity index is 304. The predicted octanol–water partition coefficient (Wildman–Crippen LogP) is 2.68. The van der Waals surface area contributed by atoms with Crippen molar-refractivity contribution in [3.63, 3.8) is 0 Å². The van der Waals surface area contributed by atoms with Crippen molar-refractivity contribution in [2.24, 2.45) is 5.41 Å². The second kappa shape index (κ2) is 3.07. The summed E-state index contributed by atoms with van der Waals surface area (Å²) < 4.78 is 0. The molecule has 3 heteroatoms. The summed E-state index contributed by atoms with van der Waals surface area (Å²) in [5.74, 6) is 0. The highest BCUT2D eigenvalue weighted by molar-refractivity contribution is 7.09. The van der Waals surface area contributed by atoms with Gasteiger partial charge < -0.3 is 5.11 Å². The molecule has 0 aromatic carbocycles. The van der Waals surface area contributed by atoms with Crippen molar-refractivity contribution in [2.75, 3.05) is 0 Å². The van der Waals surface area contributed by atoms with Crippen LogP contribution in [0.2, 0.25) is 0 Å². The summed E-state index contributed by atoms with van der Waals surface area (Å²) in [5, 5.41) is 13.1. The molecule has 1 saturated carbocycles. The molecule has 2 nitrogen and oxygen atoms in total. The molecule has 0 amide bonds. The maximum atomic E-state index is 10.1. The molecule has 1 aromatic heterocycles. The minimum Gasteiger partial charge on any atom is -0.386 e. The summed E-state index contributed by atoms with van der Waals surface area (Å²) in [6, 6.07) is 0. The van der Waals surface area contributed by atoms with Crippen molar-refractivity contribution in [3.05, 3.63) is 16.1 Å². The van der Waals surface area contributed by atoms with Crippen LogP contribution in [0.3, 0.4) is 0 Å². The van der Waals surface area contributed by atoms with Crippen LogP contribution in [-0.4, -0.2) is 10.1 Å². The Labute approximate surface area is 82.6 Å². The molecular formula is C10H15NOS. The minimum atomic E-state index is -0.331. The summed E-state index contributed by atoms with van der Waals surface area (Å²) in [5.41, 5.74) is 1.04. The van der Waals surface area contributed by atoms with E-state index in [4.69, 9.17) is 0 Å². The first kappa shape index (κ1) is 9.16. The predicted molar refractivity (Wildman–Crippen MR) is 53.8 cm³/mol. The lowest BCUT2D eigenvalue weighted by atomic mass is 9.94. The number of nitrogens with zero attached hydrogens (tertiary/aromatic N) is 1. The number of rotatable bonds is 3. The van der Waals surface area contributed by atoms with Crippen molar-refractivity contribution in [3.8, 4) is 0 Å². The quantitative estimate of drug-likeness (QED) is 0.808. The molecule has 1 N–H and O–H groups in total. The third-order valence-electron chi connectivity index (χ3n) is 3.09. The summed E-state index contributed by atoms with van der Waals surface area (Å²) in [6.45, 7) is 4.13. The van der Waals surface area contributed by atoms with E-state index in [0.29, 0.717) is 0 Å². The molecule has 1 aliphatic carbocycles. The van der Waals surface area contributed by atoms with Crippen LogP contribution in [0, 0.1) is 12.3 Å². The van der Waals surface area contributed by atoms with Gasteiger partial charge in [0.1, 0.15) is 6.10 Å². The maximum absolute atomic E-state index is 10.1.